The van der Waals surface area contributed by atoms with Crippen LogP contribution in [0.3, 0.4) is 0 Å². The van der Waals surface area contributed by atoms with Gasteiger partial charge in [-0.25, -0.2) is 4.98 Å². The Bertz CT molecular complexity index is 748. The lowest BCUT2D eigenvalue weighted by Crippen LogP contribution is -2.59. The van der Waals surface area contributed by atoms with Crippen molar-refractivity contribution >= 4 is 16.7 Å². The SMILES string of the molecule is CC(C)N1CCn2c(cc3cc(N4CC5(CCC5)C4)cnc32)C1. The summed E-state index contributed by atoms with van der Waals surface area (Å²) in [5.74, 6) is 0. The monoisotopic (exact) mass is 310 g/mol. The second kappa shape index (κ2) is 4.73. The third kappa shape index (κ3) is 2.04. The summed E-state index contributed by atoms with van der Waals surface area (Å²) in [5, 5.41) is 1.32. The van der Waals surface area contributed by atoms with Crippen LogP contribution in [0.2, 0.25) is 0 Å². The van der Waals surface area contributed by atoms with Crippen LogP contribution < -0.4 is 4.90 Å². The minimum absolute atomic E-state index is 0.616. The van der Waals surface area contributed by atoms with E-state index in [4.69, 9.17) is 4.98 Å². The first-order valence-electron chi connectivity index (χ1n) is 9.11. The average molecular weight is 310 g/mol. The zero-order valence-electron chi connectivity index (χ0n) is 14.3. The van der Waals surface area contributed by atoms with Gasteiger partial charge in [-0.15, -0.1) is 0 Å². The largest absolute Gasteiger partial charge is 0.369 e. The molecule has 1 saturated carbocycles. The zero-order chi connectivity index (χ0) is 15.6. The van der Waals surface area contributed by atoms with Crippen LogP contribution in [-0.4, -0.2) is 40.1 Å². The predicted molar refractivity (Wildman–Crippen MR) is 93.8 cm³/mol. The molecular weight excluding hydrogens is 284 g/mol. The van der Waals surface area contributed by atoms with Crippen molar-refractivity contribution in [3.05, 3.63) is 24.0 Å². The Morgan fingerprint density at radius 2 is 1.96 bits per heavy atom. The first-order chi connectivity index (χ1) is 11.1. The summed E-state index contributed by atoms with van der Waals surface area (Å²) >= 11 is 0. The van der Waals surface area contributed by atoms with E-state index in [1.807, 2.05) is 0 Å². The number of pyridine rings is 1. The Labute approximate surface area is 138 Å². The zero-order valence-corrected chi connectivity index (χ0v) is 14.3. The van der Waals surface area contributed by atoms with Gasteiger partial charge in [0.25, 0.3) is 0 Å². The highest BCUT2D eigenvalue weighted by atomic mass is 15.2. The number of hydrogen-bond donors (Lipinski definition) is 0. The van der Waals surface area contributed by atoms with Gasteiger partial charge in [0.1, 0.15) is 5.65 Å². The van der Waals surface area contributed by atoms with E-state index in [-0.39, 0.29) is 0 Å². The molecule has 5 rings (SSSR count). The summed E-state index contributed by atoms with van der Waals surface area (Å²) in [4.78, 5) is 9.88. The second-order valence-corrected chi connectivity index (χ2v) is 8.17. The van der Waals surface area contributed by atoms with Gasteiger partial charge in [0.15, 0.2) is 0 Å². The fraction of sp³-hybridized carbons (Fsp3) is 0.632. The van der Waals surface area contributed by atoms with E-state index in [1.165, 1.54) is 54.8 Å². The van der Waals surface area contributed by atoms with Crippen LogP contribution in [0.4, 0.5) is 5.69 Å². The molecule has 3 aliphatic rings. The summed E-state index contributed by atoms with van der Waals surface area (Å²) in [6.07, 6.45) is 6.40. The number of hydrogen-bond acceptors (Lipinski definition) is 3. The molecule has 0 aromatic carbocycles. The Balaban J connectivity index is 1.43. The maximum atomic E-state index is 4.82. The molecule has 1 spiro atoms. The predicted octanol–water partition coefficient (Wildman–Crippen LogP) is 3.25. The molecule has 4 heteroatoms. The normalized spacial score (nSPS) is 23.2. The van der Waals surface area contributed by atoms with Crippen LogP contribution in [0.15, 0.2) is 18.3 Å². The Hall–Kier alpha value is -1.55. The number of fused-ring (bicyclic) bond motifs is 3. The lowest BCUT2D eigenvalue weighted by Gasteiger charge is -2.56. The Morgan fingerprint density at radius 1 is 1.13 bits per heavy atom. The van der Waals surface area contributed by atoms with Crippen molar-refractivity contribution in [2.45, 2.75) is 52.2 Å². The third-order valence-electron chi connectivity index (χ3n) is 6.34. The molecule has 2 fully saturated rings. The maximum absolute atomic E-state index is 4.82. The Morgan fingerprint density at radius 3 is 2.65 bits per heavy atom. The minimum atomic E-state index is 0.616. The fourth-order valence-electron chi connectivity index (χ4n) is 4.64. The summed E-state index contributed by atoms with van der Waals surface area (Å²) in [5.41, 5.74) is 4.58. The van der Waals surface area contributed by atoms with Gasteiger partial charge < -0.3 is 9.47 Å². The van der Waals surface area contributed by atoms with Crippen molar-refractivity contribution in [3.63, 3.8) is 0 Å². The molecule has 0 radical (unpaired) electrons. The highest BCUT2D eigenvalue weighted by molar-refractivity contribution is 5.81. The van der Waals surface area contributed by atoms with Crippen molar-refractivity contribution in [1.82, 2.24) is 14.5 Å². The highest BCUT2D eigenvalue weighted by Crippen LogP contribution is 2.49. The molecule has 2 aliphatic heterocycles. The first kappa shape index (κ1) is 13.8. The molecule has 23 heavy (non-hydrogen) atoms. The molecule has 4 nitrogen and oxygen atoms in total. The summed E-state index contributed by atoms with van der Waals surface area (Å²) < 4.78 is 2.42. The number of anilines is 1. The van der Waals surface area contributed by atoms with Crippen LogP contribution in [0.1, 0.15) is 38.8 Å². The van der Waals surface area contributed by atoms with Gasteiger partial charge in [-0.05, 0) is 38.8 Å². The lowest BCUT2D eigenvalue weighted by molar-refractivity contribution is 0.0904. The fourth-order valence-corrected chi connectivity index (χ4v) is 4.64. The molecule has 0 bridgehead atoms. The lowest BCUT2D eigenvalue weighted by atomic mass is 9.63. The van der Waals surface area contributed by atoms with Crippen molar-refractivity contribution < 1.29 is 0 Å². The minimum Gasteiger partial charge on any atom is -0.369 e. The molecule has 2 aromatic heterocycles. The molecular formula is C19H26N4. The first-order valence-corrected chi connectivity index (χ1v) is 9.11. The van der Waals surface area contributed by atoms with E-state index in [0.717, 1.165) is 19.6 Å². The van der Waals surface area contributed by atoms with Gasteiger partial charge in [-0.1, -0.05) is 6.42 Å². The molecule has 0 N–H and O–H groups in total. The second-order valence-electron chi connectivity index (χ2n) is 8.17. The number of nitrogens with zero attached hydrogens (tertiary/aromatic N) is 4. The van der Waals surface area contributed by atoms with Crippen LogP contribution >= 0.6 is 0 Å². The van der Waals surface area contributed by atoms with Gasteiger partial charge in [0, 0.05) is 55.3 Å². The third-order valence-corrected chi connectivity index (χ3v) is 6.34. The summed E-state index contributed by atoms with van der Waals surface area (Å²) in [6, 6.07) is 5.34. The van der Waals surface area contributed by atoms with Gasteiger partial charge in [-0.3, -0.25) is 4.90 Å². The van der Waals surface area contributed by atoms with Gasteiger partial charge >= 0.3 is 0 Å². The van der Waals surface area contributed by atoms with Crippen molar-refractivity contribution in [2.24, 2.45) is 5.41 Å². The molecule has 1 aliphatic carbocycles. The van der Waals surface area contributed by atoms with Gasteiger partial charge in [-0.2, -0.15) is 0 Å². The summed E-state index contributed by atoms with van der Waals surface area (Å²) in [6.45, 7) is 10.3. The highest BCUT2D eigenvalue weighted by Gasteiger charge is 2.47. The quantitative estimate of drug-likeness (QED) is 0.851. The van der Waals surface area contributed by atoms with Crippen LogP contribution in [-0.2, 0) is 13.1 Å². The molecule has 4 heterocycles. The summed E-state index contributed by atoms with van der Waals surface area (Å²) in [7, 11) is 0. The molecule has 0 atom stereocenters. The van der Waals surface area contributed by atoms with E-state index < -0.39 is 0 Å². The number of rotatable bonds is 2. The molecule has 2 aromatic rings. The molecule has 122 valence electrons. The van der Waals surface area contributed by atoms with E-state index in [9.17, 15) is 0 Å². The molecule has 0 amide bonds. The van der Waals surface area contributed by atoms with E-state index in [2.05, 4.69) is 46.5 Å². The van der Waals surface area contributed by atoms with E-state index >= 15 is 0 Å². The van der Waals surface area contributed by atoms with Crippen molar-refractivity contribution in [3.8, 4) is 0 Å². The smallest absolute Gasteiger partial charge is 0.140 e. The van der Waals surface area contributed by atoms with Crippen molar-refractivity contribution in [1.29, 1.82) is 0 Å². The standard InChI is InChI=1S/C19H26N4/c1-14(2)21-6-7-23-17(11-21)9-15-8-16(10-20-18(15)23)22-12-19(13-22)4-3-5-19/h8-10,14H,3-7,11-13H2,1-2H3. The topological polar surface area (TPSA) is 24.3 Å². The number of aromatic nitrogens is 2. The van der Waals surface area contributed by atoms with Gasteiger partial charge in [0.05, 0.1) is 11.9 Å². The van der Waals surface area contributed by atoms with Crippen molar-refractivity contribution in [2.75, 3.05) is 24.5 Å². The maximum Gasteiger partial charge on any atom is 0.140 e. The van der Waals surface area contributed by atoms with E-state index in [1.54, 1.807) is 0 Å². The Kier molecular flexibility index (Phi) is 2.85. The van der Waals surface area contributed by atoms with Gasteiger partial charge in [0.2, 0.25) is 0 Å². The average Bonchev–Trinajstić information content (AvgIpc) is 2.80. The van der Waals surface area contributed by atoms with Crippen LogP contribution in [0, 0.1) is 5.41 Å². The van der Waals surface area contributed by atoms with Crippen LogP contribution in [0.5, 0.6) is 0 Å². The molecule has 0 unspecified atom stereocenters. The molecule has 1 saturated heterocycles. The van der Waals surface area contributed by atoms with E-state index in [0.29, 0.717) is 11.5 Å². The van der Waals surface area contributed by atoms with Crippen LogP contribution in [0.25, 0.3) is 11.0 Å².